The summed E-state index contributed by atoms with van der Waals surface area (Å²) in [5.41, 5.74) is 0.536. The Kier molecular flexibility index (Phi) is 13.4. The third-order valence-electron chi connectivity index (χ3n) is 7.10. The number of hydrogen-bond donors (Lipinski definition) is 2. The van der Waals surface area contributed by atoms with Crippen LogP contribution in [0.25, 0.3) is 11.2 Å². The van der Waals surface area contributed by atoms with E-state index in [2.05, 4.69) is 22.2 Å². The molecule has 2 heterocycles. The molecule has 0 unspecified atom stereocenters. The van der Waals surface area contributed by atoms with E-state index in [1.165, 1.54) is 93.4 Å². The van der Waals surface area contributed by atoms with Crippen molar-refractivity contribution in [3.8, 4) is 0 Å². The number of nitrogens with zero attached hydrogens (tertiary/aromatic N) is 3. The maximum atomic E-state index is 12.7. The Labute approximate surface area is 236 Å². The van der Waals surface area contributed by atoms with Gasteiger partial charge in [0.05, 0.1) is 5.75 Å². The molecule has 8 nitrogen and oxygen atoms in total. The number of thioether (sulfide) groups is 1. The normalized spacial score (nSPS) is 11.3. The quantitative estimate of drug-likeness (QED) is 0.128. The van der Waals surface area contributed by atoms with Crippen LogP contribution in [-0.4, -0.2) is 30.8 Å². The minimum Gasteiger partial charge on any atom is -0.325 e. The van der Waals surface area contributed by atoms with E-state index in [0.717, 1.165) is 18.5 Å². The molecule has 1 aromatic carbocycles. The van der Waals surface area contributed by atoms with E-state index in [9.17, 15) is 14.4 Å². The lowest BCUT2D eigenvalue weighted by molar-refractivity contribution is -0.113. The van der Waals surface area contributed by atoms with Gasteiger partial charge in [-0.2, -0.15) is 0 Å². The number of para-hydroxylation sites is 1. The van der Waals surface area contributed by atoms with E-state index in [4.69, 9.17) is 0 Å². The molecule has 214 valence electrons. The highest BCUT2D eigenvalue weighted by Crippen LogP contribution is 2.23. The largest absolute Gasteiger partial charge is 0.329 e. The second kappa shape index (κ2) is 17.0. The van der Waals surface area contributed by atoms with Gasteiger partial charge >= 0.3 is 5.69 Å². The zero-order chi connectivity index (χ0) is 27.9. The van der Waals surface area contributed by atoms with E-state index in [0.29, 0.717) is 22.9 Å². The number of carbonyl (C=O) groups is 1. The molecule has 3 rings (SSSR count). The smallest absolute Gasteiger partial charge is 0.325 e. The lowest BCUT2D eigenvalue weighted by Gasteiger charge is -2.09. The van der Waals surface area contributed by atoms with Gasteiger partial charge in [0.2, 0.25) is 5.91 Å². The zero-order valence-corrected chi connectivity index (χ0v) is 24.5. The second-order valence-corrected chi connectivity index (χ2v) is 11.3. The molecule has 0 fully saturated rings. The van der Waals surface area contributed by atoms with Crippen molar-refractivity contribution in [3.63, 3.8) is 0 Å². The zero-order valence-electron chi connectivity index (χ0n) is 23.7. The first-order valence-electron chi connectivity index (χ1n) is 14.7. The summed E-state index contributed by atoms with van der Waals surface area (Å²) in [5.74, 6) is 0.00658. The molecule has 2 aromatic heterocycles. The number of fused-ring (bicyclic) bond motifs is 1. The summed E-state index contributed by atoms with van der Waals surface area (Å²) in [7, 11) is 1.60. The standard InChI is InChI=1S/C30H45N5O3S/c1-3-4-5-6-7-8-9-10-11-12-13-14-15-19-22-35-26-27(34(2)29(38)33-28(26)37)32-30(35)39-23-25(36)31-24-20-17-16-18-21-24/h16-18,20-21H,3-15,19,22-23H2,1-2H3,(H,31,36)(H,33,37,38). The summed E-state index contributed by atoms with van der Waals surface area (Å²) < 4.78 is 3.22. The maximum Gasteiger partial charge on any atom is 0.329 e. The van der Waals surface area contributed by atoms with E-state index in [1.54, 1.807) is 7.05 Å². The van der Waals surface area contributed by atoms with E-state index in [-0.39, 0.29) is 11.7 Å². The summed E-state index contributed by atoms with van der Waals surface area (Å²) in [4.78, 5) is 44.3. The number of nitrogens with one attached hydrogen (secondary N) is 2. The number of hydrogen-bond acceptors (Lipinski definition) is 5. The Balaban J connectivity index is 1.46. The van der Waals surface area contributed by atoms with Crippen LogP contribution < -0.4 is 16.6 Å². The molecule has 0 radical (unpaired) electrons. The summed E-state index contributed by atoms with van der Waals surface area (Å²) in [5, 5.41) is 3.45. The monoisotopic (exact) mass is 555 g/mol. The minimum absolute atomic E-state index is 0.149. The van der Waals surface area contributed by atoms with Gasteiger partial charge in [-0.1, -0.05) is 120 Å². The van der Waals surface area contributed by atoms with Crippen LogP contribution in [0.5, 0.6) is 0 Å². The van der Waals surface area contributed by atoms with Crippen LogP contribution in [0.1, 0.15) is 96.8 Å². The van der Waals surface area contributed by atoms with Gasteiger partial charge < -0.3 is 9.88 Å². The highest BCUT2D eigenvalue weighted by Gasteiger charge is 2.18. The molecule has 0 atom stereocenters. The van der Waals surface area contributed by atoms with Crippen LogP contribution in [0.3, 0.4) is 0 Å². The van der Waals surface area contributed by atoms with E-state index < -0.39 is 11.2 Å². The van der Waals surface area contributed by atoms with Crippen molar-refractivity contribution in [3.05, 3.63) is 51.2 Å². The predicted octanol–water partition coefficient (Wildman–Crippen LogP) is 6.64. The molecule has 0 bridgehead atoms. The van der Waals surface area contributed by atoms with Crippen LogP contribution in [0.4, 0.5) is 5.69 Å². The van der Waals surface area contributed by atoms with Crippen LogP contribution >= 0.6 is 11.8 Å². The summed E-state index contributed by atoms with van der Waals surface area (Å²) in [6, 6.07) is 9.30. The lowest BCUT2D eigenvalue weighted by Crippen LogP contribution is -2.29. The number of benzene rings is 1. The van der Waals surface area contributed by atoms with Crippen LogP contribution in [0.2, 0.25) is 0 Å². The van der Waals surface area contributed by atoms with E-state index in [1.807, 2.05) is 34.9 Å². The Morgan fingerprint density at radius 3 is 2.03 bits per heavy atom. The molecule has 0 spiro atoms. The van der Waals surface area contributed by atoms with Gasteiger partial charge in [0.1, 0.15) is 0 Å². The molecule has 0 saturated heterocycles. The van der Waals surface area contributed by atoms with Gasteiger partial charge in [-0.25, -0.2) is 9.78 Å². The summed E-state index contributed by atoms with van der Waals surface area (Å²) >= 11 is 1.28. The fraction of sp³-hybridized carbons (Fsp3) is 0.600. The van der Waals surface area contributed by atoms with Gasteiger partial charge in [0.25, 0.3) is 5.56 Å². The number of unbranched alkanes of at least 4 members (excludes halogenated alkanes) is 13. The number of aromatic nitrogens is 4. The van der Waals surface area contributed by atoms with Gasteiger partial charge in [0, 0.05) is 19.3 Å². The molecule has 1 amide bonds. The topological polar surface area (TPSA) is 102 Å². The van der Waals surface area contributed by atoms with Crippen molar-refractivity contribution in [2.75, 3.05) is 11.1 Å². The average molecular weight is 556 g/mol. The fourth-order valence-electron chi connectivity index (χ4n) is 4.85. The molecule has 9 heteroatoms. The van der Waals surface area contributed by atoms with E-state index >= 15 is 0 Å². The Morgan fingerprint density at radius 1 is 0.872 bits per heavy atom. The maximum absolute atomic E-state index is 12.7. The van der Waals surface area contributed by atoms with Crippen molar-refractivity contribution in [2.45, 2.75) is 109 Å². The van der Waals surface area contributed by atoms with Crippen molar-refractivity contribution in [1.29, 1.82) is 0 Å². The van der Waals surface area contributed by atoms with Crippen molar-refractivity contribution in [2.24, 2.45) is 7.05 Å². The number of rotatable bonds is 19. The van der Waals surface area contributed by atoms with Crippen LogP contribution in [0.15, 0.2) is 45.1 Å². The van der Waals surface area contributed by atoms with Crippen molar-refractivity contribution < 1.29 is 4.79 Å². The van der Waals surface area contributed by atoms with Gasteiger partial charge in [-0.15, -0.1) is 0 Å². The number of imidazole rings is 1. The molecule has 0 saturated carbocycles. The lowest BCUT2D eigenvalue weighted by atomic mass is 10.0. The molecule has 0 aliphatic carbocycles. The van der Waals surface area contributed by atoms with Crippen LogP contribution in [0, 0.1) is 0 Å². The molecular formula is C30H45N5O3S. The van der Waals surface area contributed by atoms with Crippen molar-refractivity contribution in [1.82, 2.24) is 19.1 Å². The third-order valence-corrected chi connectivity index (χ3v) is 8.07. The SMILES string of the molecule is CCCCCCCCCCCCCCCCn1c(SCC(=O)Nc2ccccc2)nc2c1c(=O)[nH]c(=O)n2C. The molecular weight excluding hydrogens is 510 g/mol. The molecule has 2 N–H and O–H groups in total. The first kappa shape index (κ1) is 30.7. The predicted molar refractivity (Wildman–Crippen MR) is 162 cm³/mol. The Bertz CT molecular complexity index is 1270. The molecule has 0 aliphatic heterocycles. The molecule has 3 aromatic rings. The Hall–Kier alpha value is -2.81. The first-order chi connectivity index (χ1) is 19.0. The number of anilines is 1. The minimum atomic E-state index is -0.494. The van der Waals surface area contributed by atoms with Crippen molar-refractivity contribution >= 4 is 34.5 Å². The first-order valence-corrected chi connectivity index (χ1v) is 15.7. The van der Waals surface area contributed by atoms with Crippen LogP contribution in [-0.2, 0) is 18.4 Å². The summed E-state index contributed by atoms with van der Waals surface area (Å²) in [6.07, 6.45) is 17.9. The number of H-pyrrole nitrogens is 1. The number of aromatic amines is 1. The second-order valence-electron chi connectivity index (χ2n) is 10.3. The fourth-order valence-corrected chi connectivity index (χ4v) is 5.67. The van der Waals surface area contributed by atoms with Gasteiger partial charge in [-0.3, -0.25) is 19.1 Å². The molecule has 0 aliphatic rings. The Morgan fingerprint density at radius 2 is 1.44 bits per heavy atom. The third kappa shape index (κ3) is 10.0. The average Bonchev–Trinajstić information content (AvgIpc) is 3.30. The highest BCUT2D eigenvalue weighted by molar-refractivity contribution is 7.99. The number of carbonyl (C=O) groups excluding carboxylic acids is 1. The van der Waals surface area contributed by atoms with Gasteiger partial charge in [-0.05, 0) is 18.6 Å². The summed E-state index contributed by atoms with van der Waals surface area (Å²) in [6.45, 7) is 2.89. The number of amides is 1. The highest BCUT2D eigenvalue weighted by atomic mass is 32.2. The van der Waals surface area contributed by atoms with Gasteiger partial charge in [0.15, 0.2) is 16.3 Å². The molecule has 39 heavy (non-hydrogen) atoms. The number of aryl methyl sites for hydroxylation is 2.